The summed E-state index contributed by atoms with van der Waals surface area (Å²) in [7, 11) is 1.93. The van der Waals surface area contributed by atoms with Gasteiger partial charge in [-0.3, -0.25) is 0 Å². The average molecular weight is 237 g/mol. The van der Waals surface area contributed by atoms with Crippen LogP contribution in [-0.2, 0) is 6.54 Å². The highest BCUT2D eigenvalue weighted by atomic mass is 16.3. The predicted molar refractivity (Wildman–Crippen MR) is 71.3 cm³/mol. The van der Waals surface area contributed by atoms with E-state index in [-0.39, 0.29) is 6.61 Å². The predicted octanol–water partition coefficient (Wildman–Crippen LogP) is 1.32. The molecule has 1 aromatic heterocycles. The molecule has 4 heteroatoms. The normalized spacial score (nSPS) is 10.9. The molecule has 0 aliphatic heterocycles. The second kappa shape index (κ2) is 6.57. The Balaban J connectivity index is 2.95. The molecule has 0 saturated heterocycles. The second-order valence-corrected chi connectivity index (χ2v) is 4.53. The van der Waals surface area contributed by atoms with Crippen LogP contribution in [0.25, 0.3) is 0 Å². The van der Waals surface area contributed by atoms with Crippen LogP contribution in [-0.4, -0.2) is 36.3 Å². The zero-order valence-corrected chi connectivity index (χ0v) is 11.2. The molecule has 0 aliphatic carbocycles. The van der Waals surface area contributed by atoms with Crippen LogP contribution in [0.1, 0.15) is 25.0 Å². The Kier molecular flexibility index (Phi) is 5.38. The van der Waals surface area contributed by atoms with Gasteiger partial charge in [-0.05, 0) is 45.0 Å². The van der Waals surface area contributed by atoms with Crippen LogP contribution in [0.3, 0.4) is 0 Å². The summed E-state index contributed by atoms with van der Waals surface area (Å²) in [6.07, 6.45) is 1.89. The average Bonchev–Trinajstić information content (AvgIpc) is 2.27. The maximum Gasteiger partial charge on any atom is 0.131 e. The fourth-order valence-corrected chi connectivity index (χ4v) is 1.94. The van der Waals surface area contributed by atoms with Gasteiger partial charge in [0, 0.05) is 25.3 Å². The maximum absolute atomic E-state index is 9.10. The summed E-state index contributed by atoms with van der Waals surface area (Å²) < 4.78 is 0. The zero-order valence-electron chi connectivity index (χ0n) is 11.2. The molecule has 0 saturated carbocycles. The van der Waals surface area contributed by atoms with Gasteiger partial charge < -0.3 is 15.3 Å². The first-order chi connectivity index (χ1) is 8.10. The Morgan fingerprint density at radius 3 is 2.65 bits per heavy atom. The smallest absolute Gasteiger partial charge is 0.131 e. The molecule has 0 bridgehead atoms. The first-order valence-corrected chi connectivity index (χ1v) is 6.07. The lowest BCUT2D eigenvalue weighted by molar-refractivity contribution is 0.298. The number of hydrogen-bond donors (Lipinski definition) is 2. The first-order valence-electron chi connectivity index (χ1n) is 6.07. The van der Waals surface area contributed by atoms with Crippen molar-refractivity contribution in [3.8, 4) is 0 Å². The number of pyridine rings is 1. The Morgan fingerprint density at radius 1 is 1.47 bits per heavy atom. The molecule has 1 heterocycles. The molecule has 0 fully saturated rings. The summed E-state index contributed by atoms with van der Waals surface area (Å²) in [5, 5.41) is 12.2. The van der Waals surface area contributed by atoms with Crippen molar-refractivity contribution >= 4 is 5.82 Å². The fourth-order valence-electron chi connectivity index (χ4n) is 1.94. The van der Waals surface area contributed by atoms with Crippen molar-refractivity contribution in [3.05, 3.63) is 23.4 Å². The molecule has 17 heavy (non-hydrogen) atoms. The summed E-state index contributed by atoms with van der Waals surface area (Å²) in [5.74, 6) is 0.967. The summed E-state index contributed by atoms with van der Waals surface area (Å²) in [6, 6.07) is 2.48. The van der Waals surface area contributed by atoms with E-state index in [1.165, 1.54) is 5.56 Å². The van der Waals surface area contributed by atoms with Gasteiger partial charge in [-0.25, -0.2) is 4.98 Å². The van der Waals surface area contributed by atoms with Crippen LogP contribution in [0.5, 0.6) is 0 Å². The van der Waals surface area contributed by atoms with E-state index in [1.54, 1.807) is 0 Å². The summed E-state index contributed by atoms with van der Waals surface area (Å²) in [5.41, 5.74) is 2.33. The topological polar surface area (TPSA) is 48.4 Å². The van der Waals surface area contributed by atoms with Crippen LogP contribution in [0.4, 0.5) is 5.82 Å². The molecule has 4 nitrogen and oxygen atoms in total. The number of rotatable bonds is 6. The molecule has 1 rings (SSSR count). The lowest BCUT2D eigenvalue weighted by Crippen LogP contribution is -2.34. The molecule has 96 valence electrons. The van der Waals surface area contributed by atoms with E-state index in [2.05, 4.69) is 42.0 Å². The minimum Gasteiger partial charge on any atom is -0.395 e. The Morgan fingerprint density at radius 2 is 2.18 bits per heavy atom. The van der Waals surface area contributed by atoms with E-state index >= 15 is 0 Å². The largest absolute Gasteiger partial charge is 0.395 e. The molecule has 1 aromatic rings. The van der Waals surface area contributed by atoms with Gasteiger partial charge in [0.25, 0.3) is 0 Å². The maximum atomic E-state index is 9.10. The van der Waals surface area contributed by atoms with Gasteiger partial charge in [-0.2, -0.15) is 0 Å². The monoisotopic (exact) mass is 237 g/mol. The van der Waals surface area contributed by atoms with Gasteiger partial charge in [0.05, 0.1) is 6.61 Å². The number of aliphatic hydroxyl groups excluding tert-OH is 1. The number of hydrogen-bond acceptors (Lipinski definition) is 4. The molecule has 0 atom stereocenters. The number of nitrogens with zero attached hydrogens (tertiary/aromatic N) is 2. The minimum atomic E-state index is 0.150. The zero-order chi connectivity index (χ0) is 12.8. The molecule has 0 aromatic carbocycles. The Hall–Kier alpha value is -1.13. The van der Waals surface area contributed by atoms with E-state index in [4.69, 9.17) is 5.11 Å². The van der Waals surface area contributed by atoms with Crippen LogP contribution < -0.4 is 10.2 Å². The van der Waals surface area contributed by atoms with Crippen molar-refractivity contribution < 1.29 is 5.11 Å². The van der Waals surface area contributed by atoms with Crippen molar-refractivity contribution in [2.24, 2.45) is 0 Å². The third-order valence-corrected chi connectivity index (χ3v) is 2.72. The molecular weight excluding hydrogens is 214 g/mol. The highest BCUT2D eigenvalue weighted by Crippen LogP contribution is 2.19. The molecule has 2 N–H and O–H groups in total. The van der Waals surface area contributed by atoms with E-state index in [1.807, 2.05) is 13.2 Å². The fraction of sp³-hybridized carbons (Fsp3) is 0.615. The lowest BCUT2D eigenvalue weighted by atomic mass is 10.1. The molecule has 0 unspecified atom stereocenters. The van der Waals surface area contributed by atoms with Gasteiger partial charge in [-0.1, -0.05) is 0 Å². The summed E-state index contributed by atoms with van der Waals surface area (Å²) in [4.78, 5) is 6.64. The minimum absolute atomic E-state index is 0.150. The van der Waals surface area contributed by atoms with Crippen LogP contribution in [0, 0.1) is 6.92 Å². The van der Waals surface area contributed by atoms with Crippen molar-refractivity contribution in [2.75, 3.05) is 25.1 Å². The SMILES string of the molecule is CNCc1cnc(N(CCO)C(C)C)c(C)c1. The summed E-state index contributed by atoms with van der Waals surface area (Å²) in [6.45, 7) is 7.88. The number of aliphatic hydroxyl groups is 1. The second-order valence-electron chi connectivity index (χ2n) is 4.53. The Bertz CT molecular complexity index is 353. The number of anilines is 1. The first kappa shape index (κ1) is 13.9. The number of aromatic nitrogens is 1. The van der Waals surface area contributed by atoms with Crippen molar-refractivity contribution in [1.29, 1.82) is 0 Å². The van der Waals surface area contributed by atoms with Gasteiger partial charge in [-0.15, -0.1) is 0 Å². The van der Waals surface area contributed by atoms with E-state index in [0.29, 0.717) is 12.6 Å². The highest BCUT2D eigenvalue weighted by Gasteiger charge is 2.13. The van der Waals surface area contributed by atoms with Gasteiger partial charge >= 0.3 is 0 Å². The van der Waals surface area contributed by atoms with Crippen molar-refractivity contribution in [2.45, 2.75) is 33.4 Å². The van der Waals surface area contributed by atoms with Gasteiger partial charge in [0.1, 0.15) is 5.82 Å². The van der Waals surface area contributed by atoms with Crippen LogP contribution in [0.2, 0.25) is 0 Å². The molecular formula is C13H23N3O. The van der Waals surface area contributed by atoms with E-state index < -0.39 is 0 Å². The highest BCUT2D eigenvalue weighted by molar-refractivity contribution is 5.48. The quantitative estimate of drug-likeness (QED) is 0.783. The van der Waals surface area contributed by atoms with E-state index in [0.717, 1.165) is 17.9 Å². The molecule has 0 amide bonds. The van der Waals surface area contributed by atoms with Crippen molar-refractivity contribution in [3.63, 3.8) is 0 Å². The van der Waals surface area contributed by atoms with Gasteiger partial charge in [0.15, 0.2) is 0 Å². The number of aryl methyl sites for hydroxylation is 1. The van der Waals surface area contributed by atoms with Gasteiger partial charge in [0.2, 0.25) is 0 Å². The molecule has 0 spiro atoms. The third kappa shape index (κ3) is 3.68. The third-order valence-electron chi connectivity index (χ3n) is 2.72. The van der Waals surface area contributed by atoms with Crippen LogP contribution >= 0.6 is 0 Å². The number of nitrogens with one attached hydrogen (secondary N) is 1. The Labute approximate surface area is 104 Å². The summed E-state index contributed by atoms with van der Waals surface area (Å²) >= 11 is 0. The van der Waals surface area contributed by atoms with E-state index in [9.17, 15) is 0 Å². The van der Waals surface area contributed by atoms with Crippen LogP contribution in [0.15, 0.2) is 12.3 Å². The van der Waals surface area contributed by atoms with Crippen molar-refractivity contribution in [1.82, 2.24) is 10.3 Å². The standard InChI is InChI=1S/C13H23N3O/c1-10(2)16(5-6-17)13-11(3)7-12(8-14-4)9-15-13/h7,9-10,14,17H,5-6,8H2,1-4H3. The lowest BCUT2D eigenvalue weighted by Gasteiger charge is -2.28. The molecule has 0 radical (unpaired) electrons. The molecule has 0 aliphatic rings.